The number of imide groups is 1. The van der Waals surface area contributed by atoms with E-state index >= 15 is 0 Å². The molecular weight excluding hydrogens is 303 g/mol. The summed E-state index contributed by atoms with van der Waals surface area (Å²) in [6.07, 6.45) is 0. The molecule has 96 valence electrons. The van der Waals surface area contributed by atoms with Crippen LogP contribution < -0.4 is 5.32 Å². The first-order valence-corrected chi connectivity index (χ1v) is 6.83. The van der Waals surface area contributed by atoms with Gasteiger partial charge in [0, 0.05) is 5.02 Å². The molecular formula is C9H6Cl2N2O4S. The third-order valence-electron chi connectivity index (χ3n) is 2.22. The van der Waals surface area contributed by atoms with Gasteiger partial charge in [-0.05, 0) is 18.2 Å². The molecule has 0 saturated carbocycles. The highest BCUT2D eigenvalue weighted by Crippen LogP contribution is 2.28. The second-order valence-corrected chi connectivity index (χ2v) is 6.11. The molecule has 18 heavy (non-hydrogen) atoms. The summed E-state index contributed by atoms with van der Waals surface area (Å²) in [5.74, 6) is -0.693. The maximum Gasteiger partial charge on any atom is 0.338 e. The van der Waals surface area contributed by atoms with Crippen LogP contribution in [0.1, 0.15) is 0 Å². The van der Waals surface area contributed by atoms with Crippen molar-refractivity contribution in [3.05, 3.63) is 28.2 Å². The molecule has 0 aromatic heterocycles. The molecule has 0 radical (unpaired) electrons. The standard InChI is InChI=1S/C9H6Cl2N2O4S/c10-5-1-2-6(11)7(3-5)18(16,17)13-4-8(14)12-9(13)15/h1-3H,4H2,(H,12,14,15). The van der Waals surface area contributed by atoms with E-state index in [1.165, 1.54) is 12.1 Å². The van der Waals surface area contributed by atoms with Crippen molar-refractivity contribution in [2.45, 2.75) is 4.90 Å². The van der Waals surface area contributed by atoms with E-state index < -0.39 is 28.5 Å². The number of rotatable bonds is 2. The maximum absolute atomic E-state index is 12.1. The number of sulfonamides is 1. The predicted molar refractivity (Wildman–Crippen MR) is 63.9 cm³/mol. The summed E-state index contributed by atoms with van der Waals surface area (Å²) in [5.41, 5.74) is 0. The van der Waals surface area contributed by atoms with E-state index in [9.17, 15) is 18.0 Å². The lowest BCUT2D eigenvalue weighted by Gasteiger charge is -2.15. The number of halogens is 2. The minimum absolute atomic E-state index is 0.0773. The fourth-order valence-electron chi connectivity index (χ4n) is 1.41. The number of hydrogen-bond donors (Lipinski definition) is 1. The van der Waals surface area contributed by atoms with E-state index in [2.05, 4.69) is 0 Å². The lowest BCUT2D eigenvalue weighted by atomic mass is 10.4. The number of nitrogens with zero attached hydrogens (tertiary/aromatic N) is 1. The molecule has 1 N–H and O–H groups in total. The fraction of sp³-hybridized carbons (Fsp3) is 0.111. The summed E-state index contributed by atoms with van der Waals surface area (Å²) in [5, 5.41) is 1.95. The van der Waals surface area contributed by atoms with Gasteiger partial charge in [0.2, 0.25) is 5.91 Å². The topological polar surface area (TPSA) is 83.6 Å². The van der Waals surface area contributed by atoms with Crippen LogP contribution in [0.15, 0.2) is 23.1 Å². The Kier molecular flexibility index (Phi) is 3.22. The average Bonchev–Trinajstić information content (AvgIpc) is 2.62. The molecule has 2 rings (SSSR count). The maximum atomic E-state index is 12.1. The minimum Gasteiger partial charge on any atom is -0.275 e. The SMILES string of the molecule is O=C1CN(S(=O)(=O)c2cc(Cl)ccc2Cl)C(=O)N1. The molecule has 1 aromatic rings. The van der Waals surface area contributed by atoms with Crippen molar-refractivity contribution in [1.29, 1.82) is 0 Å². The van der Waals surface area contributed by atoms with Gasteiger partial charge in [-0.2, -0.15) is 0 Å². The van der Waals surface area contributed by atoms with Crippen LogP contribution in [0, 0.1) is 0 Å². The summed E-state index contributed by atoms with van der Waals surface area (Å²) in [6.45, 7) is -0.565. The molecule has 1 aliphatic rings. The van der Waals surface area contributed by atoms with Crippen LogP contribution in [-0.2, 0) is 14.8 Å². The van der Waals surface area contributed by atoms with Crippen molar-refractivity contribution < 1.29 is 18.0 Å². The van der Waals surface area contributed by atoms with Crippen molar-refractivity contribution in [3.63, 3.8) is 0 Å². The van der Waals surface area contributed by atoms with Crippen LogP contribution in [-0.4, -0.2) is 31.2 Å². The highest BCUT2D eigenvalue weighted by molar-refractivity contribution is 7.89. The van der Waals surface area contributed by atoms with Gasteiger partial charge in [-0.1, -0.05) is 23.2 Å². The zero-order valence-corrected chi connectivity index (χ0v) is 11.0. The summed E-state index contributed by atoms with van der Waals surface area (Å²) >= 11 is 11.4. The molecule has 1 fully saturated rings. The Morgan fingerprint density at radius 3 is 2.44 bits per heavy atom. The molecule has 6 nitrogen and oxygen atoms in total. The van der Waals surface area contributed by atoms with Crippen molar-refractivity contribution >= 4 is 45.2 Å². The Morgan fingerprint density at radius 2 is 1.89 bits per heavy atom. The molecule has 0 bridgehead atoms. The highest BCUT2D eigenvalue weighted by atomic mass is 35.5. The zero-order chi connectivity index (χ0) is 13.5. The number of carbonyl (C=O) groups is 2. The lowest BCUT2D eigenvalue weighted by molar-refractivity contribution is -0.118. The zero-order valence-electron chi connectivity index (χ0n) is 8.68. The van der Waals surface area contributed by atoms with Gasteiger partial charge in [0.25, 0.3) is 10.0 Å². The first kappa shape index (κ1) is 13.1. The van der Waals surface area contributed by atoms with E-state index in [0.29, 0.717) is 4.31 Å². The van der Waals surface area contributed by atoms with Gasteiger partial charge in [-0.15, -0.1) is 0 Å². The molecule has 1 aliphatic heterocycles. The van der Waals surface area contributed by atoms with Crippen molar-refractivity contribution in [3.8, 4) is 0 Å². The molecule has 1 aromatic carbocycles. The first-order chi connectivity index (χ1) is 8.32. The van der Waals surface area contributed by atoms with Crippen LogP contribution in [0.2, 0.25) is 10.0 Å². The predicted octanol–water partition coefficient (Wildman–Crippen LogP) is 1.23. The van der Waals surface area contributed by atoms with Crippen molar-refractivity contribution in [1.82, 2.24) is 9.62 Å². The first-order valence-electron chi connectivity index (χ1n) is 4.64. The Labute approximate surface area is 113 Å². The normalized spacial score (nSPS) is 16.0. The summed E-state index contributed by atoms with van der Waals surface area (Å²) < 4.78 is 24.7. The van der Waals surface area contributed by atoms with E-state index in [0.717, 1.165) is 6.07 Å². The van der Waals surface area contributed by atoms with E-state index in [1.807, 2.05) is 5.32 Å². The van der Waals surface area contributed by atoms with Gasteiger partial charge in [0.15, 0.2) is 0 Å². The molecule has 0 spiro atoms. The Hall–Kier alpha value is -1.31. The molecule has 3 amide bonds. The third kappa shape index (κ3) is 2.16. The molecule has 9 heteroatoms. The summed E-state index contributed by atoms with van der Waals surface area (Å²) in [7, 11) is -4.19. The number of benzene rings is 1. The van der Waals surface area contributed by atoms with E-state index in [-0.39, 0.29) is 14.9 Å². The largest absolute Gasteiger partial charge is 0.338 e. The molecule has 0 unspecified atom stereocenters. The molecule has 0 atom stereocenters. The number of carbonyl (C=O) groups excluding carboxylic acids is 2. The van der Waals surface area contributed by atoms with E-state index in [1.54, 1.807) is 0 Å². The number of amides is 3. The smallest absolute Gasteiger partial charge is 0.275 e. The molecule has 1 heterocycles. The number of hydrogen-bond acceptors (Lipinski definition) is 4. The highest BCUT2D eigenvalue weighted by Gasteiger charge is 2.38. The lowest BCUT2D eigenvalue weighted by Crippen LogP contribution is -2.34. The quantitative estimate of drug-likeness (QED) is 0.833. The van der Waals surface area contributed by atoms with Gasteiger partial charge in [-0.25, -0.2) is 17.5 Å². The monoisotopic (exact) mass is 308 g/mol. The number of urea groups is 1. The molecule has 0 aliphatic carbocycles. The second-order valence-electron chi connectivity index (χ2n) is 3.44. The van der Waals surface area contributed by atoms with Crippen molar-refractivity contribution in [2.75, 3.05) is 6.54 Å². The van der Waals surface area contributed by atoms with Gasteiger partial charge < -0.3 is 0 Å². The summed E-state index contributed by atoms with van der Waals surface area (Å²) in [4.78, 5) is 22.0. The van der Waals surface area contributed by atoms with Gasteiger partial charge in [0.1, 0.15) is 11.4 Å². The Balaban J connectivity index is 2.52. The van der Waals surface area contributed by atoms with Crippen LogP contribution in [0.3, 0.4) is 0 Å². The minimum atomic E-state index is -4.19. The van der Waals surface area contributed by atoms with E-state index in [4.69, 9.17) is 23.2 Å². The Morgan fingerprint density at radius 1 is 1.22 bits per heavy atom. The van der Waals surface area contributed by atoms with Crippen LogP contribution in [0.5, 0.6) is 0 Å². The summed E-state index contributed by atoms with van der Waals surface area (Å²) in [6, 6.07) is 2.83. The Bertz CT molecular complexity index is 644. The third-order valence-corrected chi connectivity index (χ3v) is 4.67. The molecule has 1 saturated heterocycles. The van der Waals surface area contributed by atoms with Gasteiger partial charge in [0.05, 0.1) is 5.02 Å². The average molecular weight is 309 g/mol. The van der Waals surface area contributed by atoms with Crippen molar-refractivity contribution in [2.24, 2.45) is 0 Å². The van der Waals surface area contributed by atoms with Crippen LogP contribution in [0.4, 0.5) is 4.79 Å². The number of nitrogens with one attached hydrogen (secondary N) is 1. The van der Waals surface area contributed by atoms with Gasteiger partial charge in [-0.3, -0.25) is 10.1 Å². The fourth-order valence-corrected chi connectivity index (χ4v) is 3.44. The second kappa shape index (κ2) is 4.42. The van der Waals surface area contributed by atoms with Crippen LogP contribution in [0.25, 0.3) is 0 Å². The van der Waals surface area contributed by atoms with Crippen LogP contribution >= 0.6 is 23.2 Å². The van der Waals surface area contributed by atoms with Gasteiger partial charge >= 0.3 is 6.03 Å².